The number of H-pyrrole nitrogens is 1. The van der Waals surface area contributed by atoms with E-state index in [0.29, 0.717) is 23.9 Å². The van der Waals surface area contributed by atoms with Gasteiger partial charge in [0.1, 0.15) is 0 Å². The van der Waals surface area contributed by atoms with Crippen molar-refractivity contribution in [2.45, 2.75) is 23.7 Å². The highest BCUT2D eigenvalue weighted by Crippen LogP contribution is 2.31. The molecule has 0 saturated carbocycles. The molecule has 5 nitrogen and oxygen atoms in total. The van der Waals surface area contributed by atoms with E-state index < -0.39 is 10.0 Å². The Morgan fingerprint density at radius 3 is 2.50 bits per heavy atom. The van der Waals surface area contributed by atoms with Gasteiger partial charge in [0.15, 0.2) is 0 Å². The molecule has 124 valence electrons. The molecule has 0 spiro atoms. The van der Waals surface area contributed by atoms with Gasteiger partial charge < -0.3 is 4.98 Å². The average molecular weight is 341 g/mol. The molecule has 1 saturated heterocycles. The lowest BCUT2D eigenvalue weighted by molar-refractivity contribution is 0.317. The average Bonchev–Trinajstić information content (AvgIpc) is 3.07. The Bertz CT molecular complexity index is 910. The Morgan fingerprint density at radius 2 is 1.79 bits per heavy atom. The minimum absolute atomic E-state index is 0.349. The molecule has 0 bridgehead atoms. The van der Waals surface area contributed by atoms with Crippen molar-refractivity contribution in [2.75, 3.05) is 13.1 Å². The van der Waals surface area contributed by atoms with Gasteiger partial charge >= 0.3 is 0 Å². The van der Waals surface area contributed by atoms with E-state index in [-0.39, 0.29) is 0 Å². The maximum Gasteiger partial charge on any atom is 0.243 e. The van der Waals surface area contributed by atoms with E-state index in [4.69, 9.17) is 0 Å². The maximum absolute atomic E-state index is 12.7. The lowest BCUT2D eigenvalue weighted by Gasteiger charge is -2.30. The minimum Gasteiger partial charge on any atom is -0.357 e. The molecular formula is C18H19N3O2S. The van der Waals surface area contributed by atoms with Crippen LogP contribution in [0, 0.1) is 0 Å². The van der Waals surface area contributed by atoms with Gasteiger partial charge in [-0.1, -0.05) is 18.2 Å². The van der Waals surface area contributed by atoms with Crippen LogP contribution >= 0.6 is 0 Å². The Balaban J connectivity index is 1.50. The van der Waals surface area contributed by atoms with Crippen LogP contribution in [0.3, 0.4) is 0 Å². The zero-order valence-electron chi connectivity index (χ0n) is 13.2. The highest BCUT2D eigenvalue weighted by Gasteiger charge is 2.30. The minimum atomic E-state index is -3.38. The number of nitrogens with zero attached hydrogens (tertiary/aromatic N) is 2. The largest absolute Gasteiger partial charge is 0.357 e. The summed E-state index contributed by atoms with van der Waals surface area (Å²) >= 11 is 0. The number of hydrogen-bond acceptors (Lipinski definition) is 3. The number of hydrogen-bond donors (Lipinski definition) is 1. The fraction of sp³-hybridized carbons (Fsp3) is 0.278. The maximum atomic E-state index is 12.7. The molecule has 24 heavy (non-hydrogen) atoms. The highest BCUT2D eigenvalue weighted by molar-refractivity contribution is 7.89. The van der Waals surface area contributed by atoms with Crippen molar-refractivity contribution in [3.63, 3.8) is 0 Å². The van der Waals surface area contributed by atoms with E-state index in [1.807, 2.05) is 18.2 Å². The first-order valence-corrected chi connectivity index (χ1v) is 9.57. The Labute approximate surface area is 141 Å². The van der Waals surface area contributed by atoms with Gasteiger partial charge in [-0.05, 0) is 43.2 Å². The van der Waals surface area contributed by atoms with E-state index >= 15 is 0 Å². The van der Waals surface area contributed by atoms with Crippen LogP contribution in [0.4, 0.5) is 0 Å². The summed E-state index contributed by atoms with van der Waals surface area (Å²) in [5.74, 6) is 0.349. The van der Waals surface area contributed by atoms with E-state index in [0.717, 1.165) is 29.6 Å². The first-order valence-electron chi connectivity index (χ1n) is 8.13. The van der Waals surface area contributed by atoms with Crippen LogP contribution in [-0.4, -0.2) is 35.8 Å². The second-order valence-electron chi connectivity index (χ2n) is 6.15. The van der Waals surface area contributed by atoms with Crippen molar-refractivity contribution in [1.29, 1.82) is 0 Å². The fourth-order valence-corrected chi connectivity index (χ4v) is 4.84. The van der Waals surface area contributed by atoms with Crippen molar-refractivity contribution in [2.24, 2.45) is 0 Å². The van der Waals surface area contributed by atoms with Crippen molar-refractivity contribution in [1.82, 2.24) is 14.3 Å². The summed E-state index contributed by atoms with van der Waals surface area (Å²) in [5.41, 5.74) is 3.15. The van der Waals surface area contributed by atoms with Crippen LogP contribution in [0.25, 0.3) is 11.0 Å². The first kappa shape index (κ1) is 15.4. The molecule has 0 unspecified atom stereocenters. The van der Waals surface area contributed by atoms with Gasteiger partial charge in [0, 0.05) is 30.9 Å². The third-order valence-electron chi connectivity index (χ3n) is 4.68. The molecule has 0 amide bonds. The summed E-state index contributed by atoms with van der Waals surface area (Å²) in [6.45, 7) is 1.09. The third kappa shape index (κ3) is 2.72. The van der Waals surface area contributed by atoms with Crippen LogP contribution in [0.5, 0.6) is 0 Å². The van der Waals surface area contributed by atoms with Gasteiger partial charge in [-0.25, -0.2) is 8.42 Å². The van der Waals surface area contributed by atoms with E-state index in [2.05, 4.69) is 16.0 Å². The van der Waals surface area contributed by atoms with Crippen molar-refractivity contribution < 1.29 is 8.42 Å². The number of benzene rings is 1. The summed E-state index contributed by atoms with van der Waals surface area (Å²) in [6, 6.07) is 14.7. The first-order chi connectivity index (χ1) is 11.6. The Morgan fingerprint density at radius 1 is 1.04 bits per heavy atom. The summed E-state index contributed by atoms with van der Waals surface area (Å²) in [4.78, 5) is 8.15. The Hall–Kier alpha value is -2.18. The molecule has 1 aliphatic rings. The van der Waals surface area contributed by atoms with Gasteiger partial charge in [0.2, 0.25) is 10.0 Å². The Kier molecular flexibility index (Phi) is 3.86. The molecule has 0 atom stereocenters. The van der Waals surface area contributed by atoms with Crippen molar-refractivity contribution in [3.8, 4) is 0 Å². The lowest BCUT2D eigenvalue weighted by atomic mass is 9.95. The summed E-state index contributed by atoms with van der Waals surface area (Å²) in [6.07, 6.45) is 3.42. The number of rotatable bonds is 3. The molecule has 1 fully saturated rings. The van der Waals surface area contributed by atoms with Crippen LogP contribution in [0.2, 0.25) is 0 Å². The zero-order valence-corrected chi connectivity index (χ0v) is 14.0. The SMILES string of the molecule is O=S(=O)(c1ccccc1)N1CCC(c2cc3ncccc3[nH]2)CC1. The predicted molar refractivity (Wildman–Crippen MR) is 93.3 cm³/mol. The van der Waals surface area contributed by atoms with Crippen molar-refractivity contribution >= 4 is 21.1 Å². The van der Waals surface area contributed by atoms with E-state index in [1.54, 1.807) is 34.8 Å². The van der Waals surface area contributed by atoms with Gasteiger partial charge in [-0.3, -0.25) is 4.98 Å². The number of nitrogens with one attached hydrogen (secondary N) is 1. The van der Waals surface area contributed by atoms with Crippen LogP contribution in [0.15, 0.2) is 59.6 Å². The van der Waals surface area contributed by atoms with Crippen LogP contribution in [0.1, 0.15) is 24.5 Å². The van der Waals surface area contributed by atoms with E-state index in [9.17, 15) is 8.42 Å². The smallest absolute Gasteiger partial charge is 0.243 e. The number of aromatic amines is 1. The predicted octanol–water partition coefficient (Wildman–Crippen LogP) is 3.13. The highest BCUT2D eigenvalue weighted by atomic mass is 32.2. The molecule has 3 heterocycles. The molecule has 1 aliphatic heterocycles. The quantitative estimate of drug-likeness (QED) is 0.796. The van der Waals surface area contributed by atoms with Gasteiger partial charge in [0.25, 0.3) is 0 Å². The second kappa shape index (κ2) is 6.03. The molecule has 0 aliphatic carbocycles. The monoisotopic (exact) mass is 341 g/mol. The number of aromatic nitrogens is 2. The van der Waals surface area contributed by atoms with Crippen molar-refractivity contribution in [3.05, 3.63) is 60.4 Å². The number of piperidine rings is 1. The van der Waals surface area contributed by atoms with Crippen LogP contribution < -0.4 is 0 Å². The second-order valence-corrected chi connectivity index (χ2v) is 8.09. The number of sulfonamides is 1. The molecule has 1 aromatic carbocycles. The summed E-state index contributed by atoms with van der Waals surface area (Å²) in [7, 11) is -3.38. The van der Waals surface area contributed by atoms with Gasteiger partial charge in [-0.15, -0.1) is 0 Å². The summed E-state index contributed by atoms with van der Waals surface area (Å²) in [5, 5.41) is 0. The standard InChI is InChI=1S/C18H19N3O2S/c22-24(23,15-5-2-1-3-6-15)21-11-8-14(9-12-21)17-13-18-16(20-17)7-4-10-19-18/h1-7,10,13-14,20H,8-9,11-12H2. The number of fused-ring (bicyclic) bond motifs is 1. The lowest BCUT2D eigenvalue weighted by Crippen LogP contribution is -2.37. The topological polar surface area (TPSA) is 66.1 Å². The van der Waals surface area contributed by atoms with Gasteiger partial charge in [-0.2, -0.15) is 4.31 Å². The molecule has 6 heteroatoms. The molecule has 3 aromatic rings. The zero-order chi connectivity index (χ0) is 16.6. The molecule has 4 rings (SSSR count). The molecular weight excluding hydrogens is 322 g/mol. The van der Waals surface area contributed by atoms with Crippen LogP contribution in [-0.2, 0) is 10.0 Å². The van der Waals surface area contributed by atoms with E-state index in [1.165, 1.54) is 0 Å². The number of pyridine rings is 1. The summed E-state index contributed by atoms with van der Waals surface area (Å²) < 4.78 is 27.0. The van der Waals surface area contributed by atoms with Gasteiger partial charge in [0.05, 0.1) is 15.9 Å². The fourth-order valence-electron chi connectivity index (χ4n) is 3.35. The third-order valence-corrected chi connectivity index (χ3v) is 6.60. The molecule has 1 N–H and O–H groups in total. The normalized spacial score (nSPS) is 17.3. The molecule has 2 aromatic heterocycles. The molecule has 0 radical (unpaired) electrons.